The molecular formula is C22H36O8. The van der Waals surface area contributed by atoms with Gasteiger partial charge in [0.25, 0.3) is 0 Å². The molecule has 0 N–H and O–H groups in total. The monoisotopic (exact) mass is 428 g/mol. The predicted molar refractivity (Wildman–Crippen MR) is 109 cm³/mol. The highest BCUT2D eigenvalue weighted by atomic mass is 16.7. The Labute approximate surface area is 179 Å². The lowest BCUT2D eigenvalue weighted by atomic mass is 10.0. The van der Waals surface area contributed by atoms with E-state index in [-0.39, 0.29) is 25.9 Å². The van der Waals surface area contributed by atoms with Crippen LogP contribution in [0.1, 0.15) is 79.1 Å². The standard InChI is InChI=1S/C22H36O8/c1-6-10-15(5)27-22-21(30-19(25)13-9-4)20(29-18(24)12-8-3)16(14-26-22)28-17(23)11-7-2/h16,20-22H,5-14H2,1-4H3/t16-,20-,21+,22+/m0/s1. The summed E-state index contributed by atoms with van der Waals surface area (Å²) in [6.45, 7) is 11.3. The van der Waals surface area contributed by atoms with Crippen molar-refractivity contribution in [1.29, 1.82) is 0 Å². The molecule has 0 unspecified atom stereocenters. The highest BCUT2D eigenvalue weighted by Crippen LogP contribution is 2.28. The Balaban J connectivity index is 3.12. The molecule has 0 aromatic heterocycles. The molecular weight excluding hydrogens is 392 g/mol. The number of esters is 3. The summed E-state index contributed by atoms with van der Waals surface area (Å²) >= 11 is 0. The Bertz CT molecular complexity index is 523. The van der Waals surface area contributed by atoms with Crippen LogP contribution < -0.4 is 0 Å². The maximum Gasteiger partial charge on any atom is 0.306 e. The van der Waals surface area contributed by atoms with Crippen LogP contribution >= 0.6 is 0 Å². The Morgan fingerprint density at radius 2 is 1.20 bits per heavy atom. The van der Waals surface area contributed by atoms with Gasteiger partial charge in [-0.15, -0.1) is 0 Å². The van der Waals surface area contributed by atoms with Crippen LogP contribution in [0.4, 0.5) is 0 Å². The number of hydrogen-bond acceptors (Lipinski definition) is 8. The number of allylic oxidation sites excluding steroid dienone is 1. The third-order valence-electron chi connectivity index (χ3n) is 4.38. The Morgan fingerprint density at radius 3 is 1.70 bits per heavy atom. The molecule has 1 fully saturated rings. The van der Waals surface area contributed by atoms with Gasteiger partial charge in [-0.1, -0.05) is 34.3 Å². The van der Waals surface area contributed by atoms with Crippen LogP contribution in [-0.4, -0.2) is 49.1 Å². The van der Waals surface area contributed by atoms with E-state index in [0.717, 1.165) is 6.42 Å². The molecule has 0 amide bonds. The topological polar surface area (TPSA) is 97.4 Å². The van der Waals surface area contributed by atoms with E-state index in [2.05, 4.69) is 6.58 Å². The van der Waals surface area contributed by atoms with E-state index in [4.69, 9.17) is 23.7 Å². The first-order valence-corrected chi connectivity index (χ1v) is 10.9. The van der Waals surface area contributed by atoms with Gasteiger partial charge in [0.2, 0.25) is 12.4 Å². The van der Waals surface area contributed by atoms with Gasteiger partial charge in [-0.3, -0.25) is 14.4 Å². The SMILES string of the molecule is C=C(CCC)O[C@H]1OC[C@H](OC(=O)CCC)[C@H](OC(=O)CCC)[C@H]1OC(=O)CCC. The first-order valence-electron chi connectivity index (χ1n) is 10.9. The summed E-state index contributed by atoms with van der Waals surface area (Å²) < 4.78 is 28.2. The van der Waals surface area contributed by atoms with E-state index >= 15 is 0 Å². The van der Waals surface area contributed by atoms with E-state index in [1.54, 1.807) is 0 Å². The van der Waals surface area contributed by atoms with E-state index in [1.165, 1.54) is 0 Å². The molecule has 1 aliphatic rings. The molecule has 0 aliphatic carbocycles. The molecule has 0 radical (unpaired) electrons. The van der Waals surface area contributed by atoms with E-state index in [9.17, 15) is 14.4 Å². The van der Waals surface area contributed by atoms with Crippen molar-refractivity contribution in [2.24, 2.45) is 0 Å². The van der Waals surface area contributed by atoms with Gasteiger partial charge in [0, 0.05) is 25.7 Å². The summed E-state index contributed by atoms with van der Waals surface area (Å²) in [5.74, 6) is -0.906. The molecule has 0 aromatic rings. The zero-order valence-electron chi connectivity index (χ0n) is 18.6. The average Bonchev–Trinajstić information content (AvgIpc) is 2.67. The second-order valence-electron chi connectivity index (χ2n) is 7.30. The molecule has 1 aliphatic heterocycles. The highest BCUT2D eigenvalue weighted by molar-refractivity contribution is 5.71. The van der Waals surface area contributed by atoms with E-state index < -0.39 is 42.5 Å². The smallest absolute Gasteiger partial charge is 0.306 e. The molecule has 4 atom stereocenters. The lowest BCUT2D eigenvalue weighted by Gasteiger charge is -2.40. The molecule has 0 saturated carbocycles. The third kappa shape index (κ3) is 8.73. The Kier molecular flexibility index (Phi) is 12.1. The summed E-state index contributed by atoms with van der Waals surface area (Å²) in [5, 5.41) is 0. The minimum Gasteiger partial charge on any atom is -0.466 e. The van der Waals surface area contributed by atoms with Crippen LogP contribution in [-0.2, 0) is 38.1 Å². The van der Waals surface area contributed by atoms with Crippen molar-refractivity contribution in [3.8, 4) is 0 Å². The van der Waals surface area contributed by atoms with Crippen molar-refractivity contribution < 1.29 is 38.1 Å². The van der Waals surface area contributed by atoms with Gasteiger partial charge >= 0.3 is 17.9 Å². The molecule has 1 saturated heterocycles. The lowest BCUT2D eigenvalue weighted by Crippen LogP contribution is -2.58. The minimum absolute atomic E-state index is 0.0502. The van der Waals surface area contributed by atoms with Crippen LogP contribution in [0.5, 0.6) is 0 Å². The summed E-state index contributed by atoms with van der Waals surface area (Å²) in [4.78, 5) is 36.6. The second-order valence-corrected chi connectivity index (χ2v) is 7.30. The van der Waals surface area contributed by atoms with Gasteiger partial charge in [0.1, 0.15) is 0 Å². The zero-order chi connectivity index (χ0) is 22.5. The number of carbonyl (C=O) groups excluding carboxylic acids is 3. The predicted octanol–water partition coefficient (Wildman–Crippen LogP) is 3.81. The average molecular weight is 429 g/mol. The number of carbonyl (C=O) groups is 3. The van der Waals surface area contributed by atoms with Crippen molar-refractivity contribution in [3.05, 3.63) is 12.3 Å². The fourth-order valence-corrected chi connectivity index (χ4v) is 2.98. The fraction of sp³-hybridized carbons (Fsp3) is 0.773. The highest BCUT2D eigenvalue weighted by Gasteiger charge is 2.48. The van der Waals surface area contributed by atoms with Gasteiger partial charge in [-0.2, -0.15) is 0 Å². The van der Waals surface area contributed by atoms with Gasteiger partial charge < -0.3 is 23.7 Å². The van der Waals surface area contributed by atoms with Crippen LogP contribution in [0.15, 0.2) is 12.3 Å². The summed E-state index contributed by atoms with van der Waals surface area (Å²) in [7, 11) is 0. The number of rotatable bonds is 13. The summed E-state index contributed by atoms with van der Waals surface area (Å²) in [5.41, 5.74) is 0. The summed E-state index contributed by atoms with van der Waals surface area (Å²) in [6.07, 6.45) is -0.191. The van der Waals surface area contributed by atoms with E-state index in [1.807, 2.05) is 27.7 Å². The number of ether oxygens (including phenoxy) is 5. The summed E-state index contributed by atoms with van der Waals surface area (Å²) in [6, 6.07) is 0. The zero-order valence-corrected chi connectivity index (χ0v) is 18.6. The van der Waals surface area contributed by atoms with E-state index in [0.29, 0.717) is 31.4 Å². The van der Waals surface area contributed by atoms with Crippen LogP contribution in [0.25, 0.3) is 0 Å². The molecule has 8 nitrogen and oxygen atoms in total. The van der Waals surface area contributed by atoms with Gasteiger partial charge in [-0.05, 0) is 25.7 Å². The molecule has 172 valence electrons. The van der Waals surface area contributed by atoms with Gasteiger partial charge in [0.05, 0.1) is 12.4 Å². The van der Waals surface area contributed by atoms with Crippen molar-refractivity contribution in [3.63, 3.8) is 0 Å². The normalized spacial score (nSPS) is 23.3. The minimum atomic E-state index is -1.08. The molecule has 1 heterocycles. The number of hydrogen-bond donors (Lipinski definition) is 0. The quantitative estimate of drug-likeness (QED) is 0.248. The maximum atomic E-state index is 12.3. The van der Waals surface area contributed by atoms with Crippen molar-refractivity contribution >= 4 is 17.9 Å². The van der Waals surface area contributed by atoms with Crippen LogP contribution in [0.3, 0.4) is 0 Å². The molecule has 0 spiro atoms. The van der Waals surface area contributed by atoms with Crippen molar-refractivity contribution in [1.82, 2.24) is 0 Å². The molecule has 30 heavy (non-hydrogen) atoms. The third-order valence-corrected chi connectivity index (χ3v) is 4.38. The largest absolute Gasteiger partial charge is 0.466 e. The Morgan fingerprint density at radius 1 is 0.733 bits per heavy atom. The molecule has 1 rings (SSSR count). The van der Waals surface area contributed by atoms with Gasteiger partial charge in [0.15, 0.2) is 12.2 Å². The van der Waals surface area contributed by atoms with Crippen LogP contribution in [0, 0.1) is 0 Å². The second kappa shape index (κ2) is 14.0. The lowest BCUT2D eigenvalue weighted by molar-refractivity contribution is -0.273. The first-order chi connectivity index (χ1) is 14.4. The van der Waals surface area contributed by atoms with Crippen LogP contribution in [0.2, 0.25) is 0 Å². The molecule has 0 bridgehead atoms. The Hall–Kier alpha value is -2.09. The van der Waals surface area contributed by atoms with Crippen molar-refractivity contribution in [2.45, 2.75) is 104 Å². The van der Waals surface area contributed by atoms with Gasteiger partial charge in [-0.25, -0.2) is 0 Å². The van der Waals surface area contributed by atoms with Crippen molar-refractivity contribution in [2.75, 3.05) is 6.61 Å². The first kappa shape index (κ1) is 25.9. The fourth-order valence-electron chi connectivity index (χ4n) is 2.98. The molecule has 8 heteroatoms. The maximum absolute atomic E-state index is 12.3. The molecule has 0 aromatic carbocycles.